The van der Waals surface area contributed by atoms with Gasteiger partial charge in [0.1, 0.15) is 11.5 Å². The highest BCUT2D eigenvalue weighted by atomic mass is 32.2. The summed E-state index contributed by atoms with van der Waals surface area (Å²) < 4.78 is 32.9. The molecule has 0 bridgehead atoms. The van der Waals surface area contributed by atoms with E-state index in [0.717, 1.165) is 30.4 Å². The summed E-state index contributed by atoms with van der Waals surface area (Å²) >= 11 is 0. The molecule has 2 aromatic carbocycles. The normalized spacial score (nSPS) is 18.4. The van der Waals surface area contributed by atoms with Crippen molar-refractivity contribution in [2.45, 2.75) is 43.5 Å². The van der Waals surface area contributed by atoms with Gasteiger partial charge in [0, 0.05) is 18.4 Å². The van der Waals surface area contributed by atoms with Crippen molar-refractivity contribution in [2.75, 3.05) is 7.11 Å². The smallest absolute Gasteiger partial charge is 0.241 e. The van der Waals surface area contributed by atoms with E-state index in [9.17, 15) is 13.2 Å². The minimum atomic E-state index is -3.62. The summed E-state index contributed by atoms with van der Waals surface area (Å²) in [5.74, 6) is 1.11. The first-order valence-electron chi connectivity index (χ1n) is 9.17. The molecule has 144 valence electrons. The quantitative estimate of drug-likeness (QED) is 0.787. The van der Waals surface area contributed by atoms with Gasteiger partial charge in [0.05, 0.1) is 12.0 Å². The van der Waals surface area contributed by atoms with Crippen LogP contribution in [-0.2, 0) is 21.2 Å². The molecule has 6 heteroatoms. The molecule has 2 unspecified atom stereocenters. The van der Waals surface area contributed by atoms with Crippen molar-refractivity contribution in [3.8, 4) is 5.75 Å². The fraction of sp³-hybridized carbons (Fsp3) is 0.381. The van der Waals surface area contributed by atoms with Crippen LogP contribution in [0.5, 0.6) is 5.75 Å². The van der Waals surface area contributed by atoms with E-state index < -0.39 is 10.0 Å². The van der Waals surface area contributed by atoms with Gasteiger partial charge in [0.25, 0.3) is 0 Å². The first-order valence-corrected chi connectivity index (χ1v) is 10.7. The fourth-order valence-corrected chi connectivity index (χ4v) is 4.69. The Labute approximate surface area is 160 Å². The predicted molar refractivity (Wildman–Crippen MR) is 104 cm³/mol. The minimum Gasteiger partial charge on any atom is -0.497 e. The van der Waals surface area contributed by atoms with Gasteiger partial charge in [-0.05, 0) is 61.6 Å². The number of ether oxygens (including phenoxy) is 1. The predicted octanol–water partition coefficient (Wildman–Crippen LogP) is 3.65. The Morgan fingerprint density at radius 1 is 1.11 bits per heavy atom. The van der Waals surface area contributed by atoms with Crippen LogP contribution >= 0.6 is 0 Å². The molecule has 0 aliphatic heterocycles. The van der Waals surface area contributed by atoms with E-state index in [0.29, 0.717) is 18.0 Å². The maximum atomic E-state index is 12.6. The maximum Gasteiger partial charge on any atom is 0.241 e. The lowest BCUT2D eigenvalue weighted by Gasteiger charge is -2.16. The van der Waals surface area contributed by atoms with E-state index in [-0.39, 0.29) is 16.9 Å². The zero-order valence-electron chi connectivity index (χ0n) is 15.6. The number of carbonyl (C=O) groups is 1. The van der Waals surface area contributed by atoms with Gasteiger partial charge in [0.2, 0.25) is 10.0 Å². The van der Waals surface area contributed by atoms with E-state index in [1.165, 1.54) is 19.2 Å². The van der Waals surface area contributed by atoms with E-state index in [1.54, 1.807) is 12.1 Å². The van der Waals surface area contributed by atoms with E-state index in [4.69, 9.17) is 4.74 Å². The Balaban J connectivity index is 1.66. The number of ketones is 1. The van der Waals surface area contributed by atoms with Crippen LogP contribution in [0.3, 0.4) is 0 Å². The molecule has 0 radical (unpaired) electrons. The van der Waals surface area contributed by atoms with Crippen LogP contribution in [0.1, 0.15) is 43.4 Å². The van der Waals surface area contributed by atoms with Crippen molar-refractivity contribution in [3.05, 3.63) is 59.7 Å². The molecule has 0 heterocycles. The third-order valence-electron chi connectivity index (χ3n) is 5.09. The number of hydrogen-bond donors (Lipinski definition) is 1. The molecule has 2 atom stereocenters. The van der Waals surface area contributed by atoms with Crippen molar-refractivity contribution in [3.63, 3.8) is 0 Å². The molecule has 0 amide bonds. The van der Waals surface area contributed by atoms with Gasteiger partial charge in [-0.3, -0.25) is 4.79 Å². The lowest BCUT2D eigenvalue weighted by atomic mass is 9.96. The second-order valence-corrected chi connectivity index (χ2v) is 8.73. The average molecular weight is 388 g/mol. The Bertz CT molecular complexity index is 889. The summed E-state index contributed by atoms with van der Waals surface area (Å²) in [6, 6.07) is 13.8. The molecule has 0 saturated heterocycles. The Morgan fingerprint density at radius 3 is 2.33 bits per heavy atom. The van der Waals surface area contributed by atoms with Crippen molar-refractivity contribution < 1.29 is 17.9 Å². The summed E-state index contributed by atoms with van der Waals surface area (Å²) in [5.41, 5.74) is 2.00. The highest BCUT2D eigenvalue weighted by molar-refractivity contribution is 7.89. The SMILES string of the molecule is COc1ccc(S(=O)(=O)NC(C)c2ccc(CC3CCCC3=O)cc2)cc1. The van der Waals surface area contributed by atoms with Gasteiger partial charge in [-0.2, -0.15) is 0 Å². The maximum absolute atomic E-state index is 12.6. The molecule has 1 saturated carbocycles. The van der Waals surface area contributed by atoms with Gasteiger partial charge in [0.15, 0.2) is 0 Å². The summed E-state index contributed by atoms with van der Waals surface area (Å²) in [4.78, 5) is 12.0. The highest BCUT2D eigenvalue weighted by Gasteiger charge is 2.24. The molecule has 1 N–H and O–H groups in total. The third kappa shape index (κ3) is 4.76. The van der Waals surface area contributed by atoms with Crippen LogP contribution in [0.2, 0.25) is 0 Å². The second kappa shape index (κ2) is 8.23. The monoisotopic (exact) mass is 387 g/mol. The third-order valence-corrected chi connectivity index (χ3v) is 6.65. The van der Waals surface area contributed by atoms with Crippen molar-refractivity contribution in [2.24, 2.45) is 5.92 Å². The van der Waals surface area contributed by atoms with Crippen LogP contribution in [0, 0.1) is 5.92 Å². The highest BCUT2D eigenvalue weighted by Crippen LogP contribution is 2.26. The first-order chi connectivity index (χ1) is 12.9. The lowest BCUT2D eigenvalue weighted by molar-refractivity contribution is -0.120. The molecule has 1 fully saturated rings. The summed E-state index contributed by atoms with van der Waals surface area (Å²) in [6.07, 6.45) is 3.43. The molecule has 3 rings (SSSR count). The molecule has 0 spiro atoms. The largest absolute Gasteiger partial charge is 0.497 e. The molecule has 2 aromatic rings. The molecule has 27 heavy (non-hydrogen) atoms. The minimum absolute atomic E-state index is 0.141. The summed E-state index contributed by atoms with van der Waals surface area (Å²) in [7, 11) is -2.08. The van der Waals surface area contributed by atoms with Crippen LogP contribution < -0.4 is 9.46 Å². The molecule has 1 aliphatic rings. The van der Waals surface area contributed by atoms with Gasteiger partial charge >= 0.3 is 0 Å². The van der Waals surface area contributed by atoms with E-state index >= 15 is 0 Å². The van der Waals surface area contributed by atoms with Gasteiger partial charge in [-0.25, -0.2) is 13.1 Å². The van der Waals surface area contributed by atoms with Crippen LogP contribution in [0.15, 0.2) is 53.4 Å². The van der Waals surface area contributed by atoms with Crippen molar-refractivity contribution in [1.29, 1.82) is 0 Å². The number of methoxy groups -OCH3 is 1. The Hall–Kier alpha value is -2.18. The summed E-state index contributed by atoms with van der Waals surface area (Å²) in [6.45, 7) is 1.82. The van der Waals surface area contributed by atoms with E-state index in [2.05, 4.69) is 4.72 Å². The second-order valence-electron chi connectivity index (χ2n) is 7.02. The molecule has 0 aromatic heterocycles. The number of sulfonamides is 1. The fourth-order valence-electron chi connectivity index (χ4n) is 3.45. The number of carbonyl (C=O) groups excluding carboxylic acids is 1. The summed E-state index contributed by atoms with van der Waals surface area (Å²) in [5, 5.41) is 0. The standard InChI is InChI=1S/C21H25NO4S/c1-15(22-27(24,25)20-12-10-19(26-2)11-13-20)17-8-6-16(7-9-17)14-18-4-3-5-21(18)23/h6-13,15,18,22H,3-5,14H2,1-2H3. The molecular formula is C21H25NO4S. The number of benzene rings is 2. The van der Waals surface area contributed by atoms with Gasteiger partial charge in [-0.1, -0.05) is 24.3 Å². The Morgan fingerprint density at radius 2 is 1.78 bits per heavy atom. The topological polar surface area (TPSA) is 72.5 Å². The van der Waals surface area contributed by atoms with Crippen molar-refractivity contribution >= 4 is 15.8 Å². The van der Waals surface area contributed by atoms with Gasteiger partial charge < -0.3 is 4.74 Å². The van der Waals surface area contributed by atoms with Gasteiger partial charge in [-0.15, -0.1) is 0 Å². The Kier molecular flexibility index (Phi) is 5.97. The number of Topliss-reactive ketones (excluding diaryl/α,β-unsaturated/α-hetero) is 1. The number of rotatable bonds is 7. The van der Waals surface area contributed by atoms with Crippen LogP contribution in [-0.4, -0.2) is 21.3 Å². The zero-order chi connectivity index (χ0) is 19.4. The first kappa shape index (κ1) is 19.6. The van der Waals surface area contributed by atoms with Crippen LogP contribution in [0.4, 0.5) is 0 Å². The molecule has 5 nitrogen and oxygen atoms in total. The molecule has 1 aliphatic carbocycles. The lowest BCUT2D eigenvalue weighted by Crippen LogP contribution is -2.26. The molecular weight excluding hydrogens is 362 g/mol. The van der Waals surface area contributed by atoms with E-state index in [1.807, 2.05) is 31.2 Å². The van der Waals surface area contributed by atoms with Crippen LogP contribution in [0.25, 0.3) is 0 Å². The zero-order valence-corrected chi connectivity index (χ0v) is 16.5. The average Bonchev–Trinajstić information content (AvgIpc) is 3.06. The number of hydrogen-bond acceptors (Lipinski definition) is 4. The van der Waals surface area contributed by atoms with Crippen molar-refractivity contribution in [1.82, 2.24) is 4.72 Å². The number of nitrogens with one attached hydrogen (secondary N) is 1.